The molecule has 1 aliphatic heterocycles. The third-order valence-electron chi connectivity index (χ3n) is 5.50. The molecule has 0 saturated carbocycles. The number of guanidine groups is 1. The Balaban J connectivity index is 0.00000341. The van der Waals surface area contributed by atoms with Gasteiger partial charge >= 0.3 is 6.18 Å². The van der Waals surface area contributed by atoms with E-state index in [1.165, 1.54) is 0 Å². The number of likely N-dealkylation sites (tertiary alicyclic amines) is 1. The molecule has 2 atom stereocenters. The lowest BCUT2D eigenvalue weighted by Crippen LogP contribution is -2.39. The highest BCUT2D eigenvalue weighted by molar-refractivity contribution is 14.0. The number of halogens is 4. The van der Waals surface area contributed by atoms with E-state index in [-0.39, 0.29) is 35.9 Å². The number of aliphatic imine (C=N–C) groups is 1. The number of piperidine rings is 1. The van der Waals surface area contributed by atoms with E-state index in [1.807, 2.05) is 25.2 Å². The summed E-state index contributed by atoms with van der Waals surface area (Å²) in [5.41, 5.74) is 7.26. The number of aromatic nitrogens is 1. The van der Waals surface area contributed by atoms with Crippen LogP contribution in [-0.2, 0) is 12.6 Å². The van der Waals surface area contributed by atoms with E-state index in [0.29, 0.717) is 19.0 Å². The smallest absolute Gasteiger partial charge is 0.370 e. The highest BCUT2D eigenvalue weighted by Gasteiger charge is 2.33. The zero-order valence-electron chi connectivity index (χ0n) is 17.5. The predicted octanol–water partition coefficient (Wildman–Crippen LogP) is 4.25. The quantitative estimate of drug-likeness (QED) is 0.323. The molecule has 0 bridgehead atoms. The first-order chi connectivity index (χ1) is 14.3. The van der Waals surface area contributed by atoms with Gasteiger partial charge < -0.3 is 11.1 Å². The van der Waals surface area contributed by atoms with Crippen LogP contribution in [0.25, 0.3) is 0 Å². The van der Waals surface area contributed by atoms with Crippen molar-refractivity contribution in [3.63, 3.8) is 0 Å². The third-order valence-corrected chi connectivity index (χ3v) is 5.50. The fourth-order valence-electron chi connectivity index (χ4n) is 3.98. The molecule has 2 heterocycles. The number of hydrogen-bond donors (Lipinski definition) is 2. The minimum Gasteiger partial charge on any atom is -0.370 e. The van der Waals surface area contributed by atoms with E-state index >= 15 is 0 Å². The van der Waals surface area contributed by atoms with Gasteiger partial charge in [-0.05, 0) is 62.2 Å². The molecule has 170 valence electrons. The van der Waals surface area contributed by atoms with Crippen molar-refractivity contribution in [2.75, 3.05) is 26.7 Å². The van der Waals surface area contributed by atoms with Gasteiger partial charge in [0.25, 0.3) is 0 Å². The van der Waals surface area contributed by atoms with Gasteiger partial charge in [-0.1, -0.05) is 18.2 Å². The van der Waals surface area contributed by atoms with Crippen LogP contribution in [-0.4, -0.2) is 42.5 Å². The van der Waals surface area contributed by atoms with Crippen molar-refractivity contribution in [2.45, 2.75) is 31.5 Å². The average molecular weight is 547 g/mol. The van der Waals surface area contributed by atoms with Crippen LogP contribution in [0.4, 0.5) is 13.2 Å². The van der Waals surface area contributed by atoms with Crippen LogP contribution in [0.3, 0.4) is 0 Å². The predicted molar refractivity (Wildman–Crippen MR) is 127 cm³/mol. The fraction of sp³-hybridized carbons (Fsp3) is 0.455. The monoisotopic (exact) mass is 547 g/mol. The van der Waals surface area contributed by atoms with Gasteiger partial charge in [-0.25, -0.2) is 0 Å². The Morgan fingerprint density at radius 3 is 2.61 bits per heavy atom. The molecule has 1 aromatic carbocycles. The van der Waals surface area contributed by atoms with Gasteiger partial charge in [0.15, 0.2) is 5.96 Å². The minimum atomic E-state index is -4.32. The zero-order chi connectivity index (χ0) is 21.6. The highest BCUT2D eigenvalue weighted by Crippen LogP contribution is 2.37. The summed E-state index contributed by atoms with van der Waals surface area (Å²) >= 11 is 0. The molecule has 31 heavy (non-hydrogen) atoms. The molecule has 0 spiro atoms. The van der Waals surface area contributed by atoms with Gasteiger partial charge in [-0.15, -0.1) is 24.0 Å². The number of nitrogens with one attached hydrogen (secondary N) is 1. The van der Waals surface area contributed by atoms with Crippen molar-refractivity contribution in [3.8, 4) is 0 Å². The topological polar surface area (TPSA) is 66.5 Å². The van der Waals surface area contributed by atoms with E-state index < -0.39 is 11.7 Å². The van der Waals surface area contributed by atoms with Crippen molar-refractivity contribution in [1.82, 2.24) is 15.2 Å². The number of rotatable bonds is 6. The Hall–Kier alpha value is -1.88. The Morgan fingerprint density at radius 2 is 1.97 bits per heavy atom. The summed E-state index contributed by atoms with van der Waals surface area (Å²) in [5.74, 6) is 0.571. The molecule has 2 unspecified atom stereocenters. The SMILES string of the molecule is CN1CCCC(CN=C(N)NCCc2ccccn2)C1c1ccc(C(F)(F)F)cc1.I. The van der Waals surface area contributed by atoms with Crippen molar-refractivity contribution < 1.29 is 13.2 Å². The van der Waals surface area contributed by atoms with E-state index in [0.717, 1.165) is 49.2 Å². The second kappa shape index (κ2) is 11.7. The first-order valence-corrected chi connectivity index (χ1v) is 10.2. The summed E-state index contributed by atoms with van der Waals surface area (Å²) < 4.78 is 38.6. The van der Waals surface area contributed by atoms with Gasteiger partial charge in [-0.3, -0.25) is 14.9 Å². The maximum Gasteiger partial charge on any atom is 0.416 e. The maximum atomic E-state index is 12.9. The molecule has 0 radical (unpaired) electrons. The molecule has 0 amide bonds. The molecule has 3 rings (SSSR count). The molecule has 2 aromatic rings. The van der Waals surface area contributed by atoms with Crippen molar-refractivity contribution >= 4 is 29.9 Å². The lowest BCUT2D eigenvalue weighted by Gasteiger charge is -2.39. The van der Waals surface area contributed by atoms with E-state index in [4.69, 9.17) is 5.73 Å². The molecule has 5 nitrogen and oxygen atoms in total. The summed E-state index contributed by atoms with van der Waals surface area (Å²) in [5, 5.41) is 3.11. The van der Waals surface area contributed by atoms with Crippen LogP contribution in [0, 0.1) is 5.92 Å². The Kier molecular flexibility index (Phi) is 9.54. The number of nitrogens with zero attached hydrogens (tertiary/aromatic N) is 3. The average Bonchev–Trinajstić information content (AvgIpc) is 2.72. The van der Waals surface area contributed by atoms with Crippen molar-refractivity contribution in [2.24, 2.45) is 16.6 Å². The lowest BCUT2D eigenvalue weighted by atomic mass is 9.84. The summed E-state index contributed by atoms with van der Waals surface area (Å²) in [7, 11) is 2.01. The van der Waals surface area contributed by atoms with Crippen LogP contribution in [0.5, 0.6) is 0 Å². The molecule has 3 N–H and O–H groups in total. The Labute approximate surface area is 198 Å². The van der Waals surface area contributed by atoms with Gasteiger partial charge in [0.1, 0.15) is 0 Å². The first-order valence-electron chi connectivity index (χ1n) is 10.2. The largest absolute Gasteiger partial charge is 0.416 e. The summed E-state index contributed by atoms with van der Waals surface area (Å²) in [6, 6.07) is 11.3. The molecule has 1 saturated heterocycles. The highest BCUT2D eigenvalue weighted by atomic mass is 127. The summed E-state index contributed by atoms with van der Waals surface area (Å²) in [6.45, 7) is 2.07. The van der Waals surface area contributed by atoms with Gasteiger partial charge in [0, 0.05) is 37.4 Å². The number of benzene rings is 1. The normalized spacial score (nSPS) is 20.2. The molecule has 0 aliphatic carbocycles. The second-order valence-corrected chi connectivity index (χ2v) is 7.67. The molecular formula is C22H29F3IN5. The van der Waals surface area contributed by atoms with E-state index in [9.17, 15) is 13.2 Å². The van der Waals surface area contributed by atoms with Gasteiger partial charge in [-0.2, -0.15) is 13.2 Å². The molecule has 1 aromatic heterocycles. The number of pyridine rings is 1. The third kappa shape index (κ3) is 7.34. The van der Waals surface area contributed by atoms with Crippen molar-refractivity contribution in [3.05, 3.63) is 65.5 Å². The van der Waals surface area contributed by atoms with Crippen molar-refractivity contribution in [1.29, 1.82) is 0 Å². The molecule has 1 aliphatic rings. The molecule has 9 heteroatoms. The molecule has 1 fully saturated rings. The molecular weight excluding hydrogens is 518 g/mol. The minimum absolute atomic E-state index is 0. The first kappa shape index (κ1) is 25.4. The number of hydrogen-bond acceptors (Lipinski definition) is 3. The van der Waals surface area contributed by atoms with Gasteiger partial charge in [0.2, 0.25) is 0 Å². The van der Waals surface area contributed by atoms with Crippen LogP contribution in [0.15, 0.2) is 53.7 Å². The van der Waals surface area contributed by atoms with Crippen LogP contribution < -0.4 is 11.1 Å². The van der Waals surface area contributed by atoms with Crippen LogP contribution >= 0.6 is 24.0 Å². The Morgan fingerprint density at radius 1 is 1.23 bits per heavy atom. The van der Waals surface area contributed by atoms with E-state index in [2.05, 4.69) is 20.2 Å². The summed E-state index contributed by atoms with van der Waals surface area (Å²) in [4.78, 5) is 11.0. The zero-order valence-corrected chi connectivity index (χ0v) is 19.8. The van der Waals surface area contributed by atoms with Crippen LogP contribution in [0.1, 0.15) is 35.7 Å². The fourth-order valence-corrected chi connectivity index (χ4v) is 3.98. The number of alkyl halides is 3. The Bertz CT molecular complexity index is 827. The van der Waals surface area contributed by atoms with Crippen LogP contribution in [0.2, 0.25) is 0 Å². The lowest BCUT2D eigenvalue weighted by molar-refractivity contribution is -0.137. The second-order valence-electron chi connectivity index (χ2n) is 7.67. The summed E-state index contributed by atoms with van der Waals surface area (Å²) in [6.07, 6.45) is 0.169. The van der Waals surface area contributed by atoms with E-state index in [1.54, 1.807) is 18.3 Å². The number of nitrogens with two attached hydrogens (primary N) is 1. The maximum absolute atomic E-state index is 12.9. The standard InChI is InChI=1S/C22H28F3N5.HI/c1-30-14-4-5-17(20(30)16-7-9-18(10-8-16)22(23,24)25)15-29-21(26)28-13-11-19-6-2-3-12-27-19;/h2-3,6-10,12,17,20H,4-5,11,13-15H2,1H3,(H3,26,28,29);1H. The van der Waals surface area contributed by atoms with Gasteiger partial charge in [0.05, 0.1) is 5.56 Å².